The van der Waals surface area contributed by atoms with Crippen LogP contribution in [0.2, 0.25) is 0 Å². The molecule has 4 atom stereocenters. The maximum atomic E-state index is 13.4. The van der Waals surface area contributed by atoms with E-state index in [0.717, 1.165) is 12.1 Å². The van der Waals surface area contributed by atoms with E-state index in [-0.39, 0.29) is 35.4 Å². The van der Waals surface area contributed by atoms with Crippen molar-refractivity contribution in [3.05, 3.63) is 81.9 Å². The predicted molar refractivity (Wildman–Crippen MR) is 187 cm³/mol. The van der Waals surface area contributed by atoms with Crippen LogP contribution < -0.4 is 38.1 Å². The smallest absolute Gasteiger partial charge is 0.310 e. The standard InChI is InChI=1S/C31H36N10O11S/c32-18-4-2-1-3-17(18)28(47)39-21(10-26(44)45)29(48)35-12-25(43)37-22(13-53)31(50)40-20(9-16-11-34-14-36-16)30(49)38-19(27(33)46)7-15-5-6-24(42)23(8-15)41(51)52/h1-6,8,11,14,19-22,42,53H,7,9-10,12-13,32H2,(H2,33,46)(H,34,36)(H,35,48)(H,37,43)(H,38,49)(H,39,47)(H,40,50)(H,44,45)/t19-,20-,21-,22-/m0/s1. The van der Waals surface area contributed by atoms with Gasteiger partial charge in [-0.1, -0.05) is 18.2 Å². The van der Waals surface area contributed by atoms with Gasteiger partial charge in [-0.15, -0.1) is 0 Å². The highest BCUT2D eigenvalue weighted by Crippen LogP contribution is 2.26. The van der Waals surface area contributed by atoms with E-state index in [1.165, 1.54) is 36.8 Å². The van der Waals surface area contributed by atoms with E-state index in [0.29, 0.717) is 5.69 Å². The van der Waals surface area contributed by atoms with Gasteiger partial charge in [-0.3, -0.25) is 43.7 Å². The zero-order valence-corrected chi connectivity index (χ0v) is 28.5. The van der Waals surface area contributed by atoms with Gasteiger partial charge in [0.2, 0.25) is 29.5 Å². The quantitative estimate of drug-likeness (QED) is 0.0264. The fourth-order valence-corrected chi connectivity index (χ4v) is 4.98. The summed E-state index contributed by atoms with van der Waals surface area (Å²) in [6.45, 7) is -0.760. The number of carboxylic acid groups (broad SMARTS) is 1. The van der Waals surface area contributed by atoms with Crippen LogP contribution in [0.5, 0.6) is 5.75 Å². The van der Waals surface area contributed by atoms with Crippen molar-refractivity contribution in [2.45, 2.75) is 43.4 Å². The molecule has 0 spiro atoms. The van der Waals surface area contributed by atoms with E-state index in [2.05, 4.69) is 49.2 Å². The lowest BCUT2D eigenvalue weighted by atomic mass is 10.0. The third-order valence-electron chi connectivity index (χ3n) is 7.41. The number of phenols is 1. The summed E-state index contributed by atoms with van der Waals surface area (Å²) in [4.78, 5) is 106. The molecule has 0 saturated carbocycles. The number of para-hydroxylation sites is 1. The molecule has 21 nitrogen and oxygen atoms in total. The molecule has 53 heavy (non-hydrogen) atoms. The molecule has 0 bridgehead atoms. The van der Waals surface area contributed by atoms with E-state index < -0.39 is 94.9 Å². The van der Waals surface area contributed by atoms with E-state index in [1.807, 2.05) is 0 Å². The molecule has 12 N–H and O–H groups in total. The number of carbonyl (C=O) groups is 7. The van der Waals surface area contributed by atoms with Crippen molar-refractivity contribution in [2.75, 3.05) is 18.0 Å². The highest BCUT2D eigenvalue weighted by atomic mass is 32.1. The van der Waals surface area contributed by atoms with Crippen molar-refractivity contribution < 1.29 is 48.7 Å². The number of H-pyrrole nitrogens is 1. The summed E-state index contributed by atoms with van der Waals surface area (Å²) in [5.74, 6) is -7.97. The average Bonchev–Trinajstić information content (AvgIpc) is 3.62. The van der Waals surface area contributed by atoms with Gasteiger partial charge in [-0.05, 0) is 23.8 Å². The maximum Gasteiger partial charge on any atom is 0.310 e. The third kappa shape index (κ3) is 12.2. The second kappa shape index (κ2) is 19.1. The lowest BCUT2D eigenvalue weighted by Gasteiger charge is -2.24. The number of carbonyl (C=O) groups excluding carboxylic acids is 6. The van der Waals surface area contributed by atoms with Crippen LogP contribution in [0.4, 0.5) is 11.4 Å². The van der Waals surface area contributed by atoms with Crippen LogP contribution in [0.1, 0.15) is 28.0 Å². The van der Waals surface area contributed by atoms with E-state index in [4.69, 9.17) is 11.5 Å². The minimum Gasteiger partial charge on any atom is -0.502 e. The first-order valence-electron chi connectivity index (χ1n) is 15.5. The molecular formula is C31H36N10O11S. The Morgan fingerprint density at radius 3 is 2.19 bits per heavy atom. The lowest BCUT2D eigenvalue weighted by molar-refractivity contribution is -0.385. The number of aromatic amines is 1. The molecule has 22 heteroatoms. The summed E-state index contributed by atoms with van der Waals surface area (Å²) in [5, 5.41) is 41.8. The molecule has 282 valence electrons. The molecule has 0 unspecified atom stereocenters. The van der Waals surface area contributed by atoms with Crippen molar-refractivity contribution in [1.82, 2.24) is 36.6 Å². The number of carboxylic acids is 1. The van der Waals surface area contributed by atoms with Crippen LogP contribution in [-0.4, -0.2) is 103 Å². The Labute approximate surface area is 305 Å². The van der Waals surface area contributed by atoms with Crippen LogP contribution in [0, 0.1) is 10.1 Å². The van der Waals surface area contributed by atoms with E-state index in [9.17, 15) is 53.9 Å². The summed E-state index contributed by atoms with van der Waals surface area (Å²) in [6.07, 6.45) is 1.33. The van der Waals surface area contributed by atoms with Crippen LogP contribution >= 0.6 is 12.6 Å². The number of hydrogen-bond donors (Lipinski definition) is 11. The highest BCUT2D eigenvalue weighted by molar-refractivity contribution is 7.80. The Bertz CT molecular complexity index is 1860. The second-order valence-electron chi connectivity index (χ2n) is 11.3. The minimum atomic E-state index is -1.61. The first-order chi connectivity index (χ1) is 25.1. The number of aromatic nitrogens is 2. The molecule has 0 fully saturated rings. The van der Waals surface area contributed by atoms with Crippen molar-refractivity contribution in [2.24, 2.45) is 5.73 Å². The number of hydrogen-bond acceptors (Lipinski definition) is 13. The summed E-state index contributed by atoms with van der Waals surface area (Å²) in [7, 11) is 0. The largest absolute Gasteiger partial charge is 0.502 e. The van der Waals surface area contributed by atoms with Crippen LogP contribution in [-0.2, 0) is 41.6 Å². The van der Waals surface area contributed by atoms with Crippen LogP contribution in [0.25, 0.3) is 0 Å². The number of phenolic OH excluding ortho intramolecular Hbond substituents is 1. The van der Waals surface area contributed by atoms with Gasteiger partial charge >= 0.3 is 11.7 Å². The lowest BCUT2D eigenvalue weighted by Crippen LogP contribution is -2.58. The molecule has 0 radical (unpaired) electrons. The normalized spacial score (nSPS) is 12.9. The predicted octanol–water partition coefficient (Wildman–Crippen LogP) is -2.35. The van der Waals surface area contributed by atoms with E-state index in [1.54, 1.807) is 6.07 Å². The number of benzene rings is 2. The minimum absolute atomic E-state index is 0.00986. The number of anilines is 1. The van der Waals surface area contributed by atoms with Gasteiger partial charge in [0.1, 0.15) is 24.2 Å². The van der Waals surface area contributed by atoms with Gasteiger partial charge in [0.15, 0.2) is 5.75 Å². The van der Waals surface area contributed by atoms with Crippen molar-refractivity contribution in [1.29, 1.82) is 0 Å². The number of imidazole rings is 1. The monoisotopic (exact) mass is 756 g/mol. The fourth-order valence-electron chi connectivity index (χ4n) is 4.72. The molecule has 6 amide bonds. The highest BCUT2D eigenvalue weighted by Gasteiger charge is 2.31. The molecule has 1 heterocycles. The first-order valence-corrected chi connectivity index (χ1v) is 16.1. The Kier molecular flexibility index (Phi) is 14.6. The summed E-state index contributed by atoms with van der Waals surface area (Å²) in [5.41, 5.74) is 11.2. The average molecular weight is 757 g/mol. The molecule has 0 saturated heterocycles. The Hall–Kier alpha value is -6.71. The molecule has 3 rings (SSSR count). The molecule has 2 aromatic carbocycles. The number of nitro benzene ring substituents is 1. The zero-order chi connectivity index (χ0) is 39.2. The van der Waals surface area contributed by atoms with Gasteiger partial charge in [0.05, 0.1) is 29.8 Å². The molecule has 0 aliphatic rings. The number of amides is 6. The third-order valence-corrected chi connectivity index (χ3v) is 7.78. The Morgan fingerprint density at radius 1 is 0.906 bits per heavy atom. The number of primary amides is 1. The van der Waals surface area contributed by atoms with Gasteiger partial charge in [-0.2, -0.15) is 12.6 Å². The first kappa shape index (κ1) is 40.7. The van der Waals surface area contributed by atoms with Gasteiger partial charge in [-0.25, -0.2) is 4.98 Å². The molecule has 3 aromatic rings. The Morgan fingerprint density at radius 2 is 1.58 bits per heavy atom. The summed E-state index contributed by atoms with van der Waals surface area (Å²) in [6, 6.07) is 3.39. The van der Waals surface area contributed by atoms with Crippen molar-refractivity contribution >= 4 is 65.4 Å². The molecule has 0 aliphatic heterocycles. The number of nitro groups is 1. The number of nitrogens with zero attached hydrogens (tertiary/aromatic N) is 2. The Balaban J connectivity index is 1.67. The summed E-state index contributed by atoms with van der Waals surface area (Å²) >= 11 is 4.09. The zero-order valence-electron chi connectivity index (χ0n) is 27.6. The number of thiol groups is 1. The topological polar surface area (TPSA) is 344 Å². The van der Waals surface area contributed by atoms with Gasteiger partial charge < -0.3 is 53.2 Å². The number of nitrogen functional groups attached to an aromatic ring is 1. The molecule has 0 aliphatic carbocycles. The second-order valence-corrected chi connectivity index (χ2v) is 11.7. The maximum absolute atomic E-state index is 13.4. The number of nitrogens with two attached hydrogens (primary N) is 2. The SMILES string of the molecule is NC(=O)[C@H](Cc1ccc(O)c([N+](=O)[O-])c1)NC(=O)[C@H](Cc1cnc[nH]1)NC(=O)[C@H](CS)NC(=O)CNC(=O)[C@H](CC(=O)O)NC(=O)c1ccccc1N. The number of aromatic hydroxyl groups is 1. The van der Waals surface area contributed by atoms with Gasteiger partial charge in [0, 0.05) is 42.2 Å². The van der Waals surface area contributed by atoms with Crippen molar-refractivity contribution in [3.8, 4) is 5.75 Å². The molecule has 1 aromatic heterocycles. The summed E-state index contributed by atoms with van der Waals surface area (Å²) < 4.78 is 0. The van der Waals surface area contributed by atoms with Gasteiger partial charge in [0.25, 0.3) is 5.91 Å². The number of aliphatic carboxylic acids is 1. The van der Waals surface area contributed by atoms with E-state index >= 15 is 0 Å². The van der Waals surface area contributed by atoms with Crippen molar-refractivity contribution in [3.63, 3.8) is 0 Å². The number of rotatable bonds is 19. The number of nitrogens with one attached hydrogen (secondary N) is 6. The van der Waals surface area contributed by atoms with Crippen LogP contribution in [0.3, 0.4) is 0 Å². The molecular weight excluding hydrogens is 720 g/mol. The van der Waals surface area contributed by atoms with Crippen LogP contribution in [0.15, 0.2) is 55.0 Å². The fraction of sp³-hybridized carbons (Fsp3) is 0.290.